The molecule has 0 fully saturated rings. The van der Waals surface area contributed by atoms with E-state index >= 15 is 0 Å². The molecule has 0 radical (unpaired) electrons. The fourth-order valence-corrected chi connectivity index (χ4v) is 1.97. The molecule has 1 rings (SSSR count). The molecule has 0 aromatic rings. The van der Waals surface area contributed by atoms with Gasteiger partial charge in [-0.2, -0.15) is 0 Å². The lowest BCUT2D eigenvalue weighted by atomic mass is 9.95. The molecule has 0 aromatic heterocycles. The summed E-state index contributed by atoms with van der Waals surface area (Å²) in [4.78, 5) is 0. The molecule has 1 aliphatic carbocycles. The third kappa shape index (κ3) is 3.61. The van der Waals surface area contributed by atoms with Crippen molar-refractivity contribution in [2.45, 2.75) is 43.4 Å². The Hall–Kier alpha value is -1.28. The smallest absolute Gasteiger partial charge is 0.0608 e. The van der Waals surface area contributed by atoms with E-state index in [1.165, 1.54) is 0 Å². The van der Waals surface area contributed by atoms with Gasteiger partial charge >= 0.3 is 0 Å². The van der Waals surface area contributed by atoms with Crippen LogP contribution in [0.2, 0.25) is 0 Å². The second-order valence-electron chi connectivity index (χ2n) is 4.89. The summed E-state index contributed by atoms with van der Waals surface area (Å²) in [6.45, 7) is 0. The highest BCUT2D eigenvalue weighted by Gasteiger charge is 2.24. The Morgan fingerprint density at radius 1 is 0.944 bits per heavy atom. The third-order valence-electron chi connectivity index (χ3n) is 3.32. The van der Waals surface area contributed by atoms with Gasteiger partial charge in [-0.1, -0.05) is 0 Å². The van der Waals surface area contributed by atoms with E-state index in [2.05, 4.69) is 0 Å². The summed E-state index contributed by atoms with van der Waals surface area (Å²) in [5.74, 6) is 0. The number of hydrogen-bond donors (Lipinski definition) is 7. The normalized spacial score (nSPS) is 42.8. The van der Waals surface area contributed by atoms with Crippen LogP contribution in [0.25, 0.3) is 0 Å². The second kappa shape index (κ2) is 6.05. The van der Waals surface area contributed by atoms with Gasteiger partial charge in [-0.05, 0) is 18.9 Å². The molecule has 7 heteroatoms. The van der Waals surface area contributed by atoms with E-state index in [-0.39, 0.29) is 12.1 Å². The van der Waals surface area contributed by atoms with Crippen molar-refractivity contribution < 1.29 is 0 Å². The van der Waals surface area contributed by atoms with Crippen LogP contribution >= 0.6 is 0 Å². The zero-order chi connectivity index (χ0) is 13.9. The first-order valence-electron chi connectivity index (χ1n) is 6.05. The van der Waals surface area contributed by atoms with Crippen LogP contribution < -0.4 is 40.1 Å². The van der Waals surface area contributed by atoms with Crippen LogP contribution in [0.15, 0.2) is 23.2 Å². The molecule has 104 valence electrons. The molecule has 7 nitrogen and oxygen atoms in total. The van der Waals surface area contributed by atoms with Crippen molar-refractivity contribution >= 4 is 0 Å². The van der Waals surface area contributed by atoms with Gasteiger partial charge < -0.3 is 40.1 Å². The van der Waals surface area contributed by atoms with Crippen molar-refractivity contribution in [1.82, 2.24) is 0 Å². The molecule has 0 aromatic carbocycles. The molecule has 4 atom stereocenters. The number of hydrogen-bond acceptors (Lipinski definition) is 7. The van der Waals surface area contributed by atoms with Gasteiger partial charge in [0.05, 0.1) is 6.04 Å². The van der Waals surface area contributed by atoms with Crippen LogP contribution in [0, 0.1) is 0 Å². The summed E-state index contributed by atoms with van der Waals surface area (Å²) in [6.07, 6.45) is 3.32. The van der Waals surface area contributed by atoms with Crippen LogP contribution in [0.4, 0.5) is 0 Å². The van der Waals surface area contributed by atoms with Crippen molar-refractivity contribution in [3.63, 3.8) is 0 Å². The highest BCUT2D eigenvalue weighted by molar-refractivity contribution is 5.18. The largest absolute Gasteiger partial charge is 0.401 e. The first-order chi connectivity index (χ1) is 8.32. The van der Waals surface area contributed by atoms with Gasteiger partial charge in [0, 0.05) is 41.6 Å². The Morgan fingerprint density at radius 2 is 1.56 bits per heavy atom. The third-order valence-corrected chi connectivity index (χ3v) is 3.32. The average molecular weight is 255 g/mol. The van der Waals surface area contributed by atoms with E-state index in [4.69, 9.17) is 40.1 Å². The molecule has 14 N–H and O–H groups in total. The van der Waals surface area contributed by atoms with E-state index in [1.807, 2.05) is 0 Å². The quantitative estimate of drug-likeness (QED) is 0.248. The van der Waals surface area contributed by atoms with E-state index in [0.29, 0.717) is 36.4 Å². The minimum atomic E-state index is -0.508. The van der Waals surface area contributed by atoms with Crippen LogP contribution in [-0.4, -0.2) is 24.2 Å². The Labute approximate surface area is 107 Å². The van der Waals surface area contributed by atoms with E-state index in [9.17, 15) is 0 Å². The lowest BCUT2D eigenvalue weighted by molar-refractivity contribution is 0.449. The van der Waals surface area contributed by atoms with Gasteiger partial charge in [0.25, 0.3) is 0 Å². The van der Waals surface area contributed by atoms with Gasteiger partial charge in [-0.3, -0.25) is 0 Å². The molecular formula is C11H25N7. The number of allylic oxidation sites excluding steroid dienone is 1. The summed E-state index contributed by atoms with van der Waals surface area (Å²) in [6, 6.07) is -1.55. The predicted octanol–water partition coefficient (Wildman–Crippen LogP) is -2.55. The van der Waals surface area contributed by atoms with Crippen LogP contribution in [0.5, 0.6) is 0 Å². The Morgan fingerprint density at radius 3 is 2.17 bits per heavy atom. The maximum atomic E-state index is 5.98. The summed E-state index contributed by atoms with van der Waals surface area (Å²) in [5, 5.41) is 0. The summed E-state index contributed by atoms with van der Waals surface area (Å²) >= 11 is 0. The molecule has 0 amide bonds. The van der Waals surface area contributed by atoms with Crippen LogP contribution in [0.1, 0.15) is 19.3 Å². The summed E-state index contributed by atoms with van der Waals surface area (Å²) in [7, 11) is 0. The summed E-state index contributed by atoms with van der Waals surface area (Å²) in [5.41, 5.74) is 43.1. The van der Waals surface area contributed by atoms with Crippen molar-refractivity contribution in [2.24, 2.45) is 40.1 Å². The van der Waals surface area contributed by atoms with E-state index in [1.54, 1.807) is 6.08 Å². The van der Waals surface area contributed by atoms with Crippen molar-refractivity contribution in [3.05, 3.63) is 23.2 Å². The predicted molar refractivity (Wildman–Crippen MR) is 73.4 cm³/mol. The van der Waals surface area contributed by atoms with E-state index in [0.717, 1.165) is 0 Å². The average Bonchev–Trinajstić information content (AvgIpc) is 2.32. The Balaban J connectivity index is 3.00. The number of rotatable bonds is 0. The second-order valence-corrected chi connectivity index (χ2v) is 4.89. The van der Waals surface area contributed by atoms with Gasteiger partial charge in [-0.15, -0.1) is 0 Å². The van der Waals surface area contributed by atoms with Gasteiger partial charge in [0.15, 0.2) is 0 Å². The SMILES string of the molecule is N/C1=C(\N)CC(N)/C=C(/N)C(N)C(N)C(N)CC1. The number of nitrogens with two attached hydrogens (primary N) is 7. The lowest BCUT2D eigenvalue weighted by Crippen LogP contribution is -2.55. The maximum absolute atomic E-state index is 5.98. The molecule has 0 bridgehead atoms. The molecule has 0 saturated carbocycles. The molecule has 18 heavy (non-hydrogen) atoms. The molecule has 0 aliphatic heterocycles. The van der Waals surface area contributed by atoms with Gasteiger partial charge in [-0.25, -0.2) is 0 Å². The topological polar surface area (TPSA) is 182 Å². The highest BCUT2D eigenvalue weighted by Crippen LogP contribution is 2.14. The Kier molecular flexibility index (Phi) is 4.97. The molecule has 4 unspecified atom stereocenters. The monoisotopic (exact) mass is 255 g/mol. The maximum Gasteiger partial charge on any atom is 0.0608 e. The summed E-state index contributed by atoms with van der Waals surface area (Å²) < 4.78 is 0. The molecular weight excluding hydrogens is 230 g/mol. The van der Waals surface area contributed by atoms with Gasteiger partial charge in [0.1, 0.15) is 0 Å². The first-order valence-corrected chi connectivity index (χ1v) is 6.05. The van der Waals surface area contributed by atoms with Crippen LogP contribution in [0.3, 0.4) is 0 Å². The highest BCUT2D eigenvalue weighted by atomic mass is 14.9. The van der Waals surface area contributed by atoms with Crippen molar-refractivity contribution in [3.8, 4) is 0 Å². The zero-order valence-electron chi connectivity index (χ0n) is 10.5. The molecule has 0 heterocycles. The first kappa shape index (κ1) is 14.8. The zero-order valence-corrected chi connectivity index (χ0v) is 10.5. The Bertz CT molecular complexity index is 349. The minimum Gasteiger partial charge on any atom is -0.401 e. The minimum absolute atomic E-state index is 0.285. The molecule has 0 saturated heterocycles. The van der Waals surface area contributed by atoms with Gasteiger partial charge in [0.2, 0.25) is 0 Å². The van der Waals surface area contributed by atoms with Crippen LogP contribution in [-0.2, 0) is 0 Å². The van der Waals surface area contributed by atoms with Crippen molar-refractivity contribution in [2.75, 3.05) is 0 Å². The van der Waals surface area contributed by atoms with Crippen molar-refractivity contribution in [1.29, 1.82) is 0 Å². The fourth-order valence-electron chi connectivity index (χ4n) is 1.97. The molecule has 1 aliphatic rings. The van der Waals surface area contributed by atoms with E-state index < -0.39 is 12.1 Å². The standard InChI is InChI=1S/C11H25N7/c12-5-3-8(15)6(13)1-2-7(14)10(17)11(18)9(16)4-5/h4-5,7,10-11H,1-3,12-18H2/b8-6-,9-4+. The molecule has 0 spiro atoms. The lowest BCUT2D eigenvalue weighted by Gasteiger charge is -2.26. The fraction of sp³-hybridized carbons (Fsp3) is 0.636.